The second-order valence-electron chi connectivity index (χ2n) is 5.16. The van der Waals surface area contributed by atoms with Crippen LogP contribution in [0.3, 0.4) is 0 Å². The molecule has 0 radical (unpaired) electrons. The number of hydrogen-bond donors (Lipinski definition) is 2. The Labute approximate surface area is 154 Å². The first kappa shape index (κ1) is 22.1. The Kier molecular flexibility index (Phi) is 8.73. The Morgan fingerprint density at radius 2 is 1.73 bits per heavy atom. The Morgan fingerprint density at radius 1 is 1.19 bits per heavy atom. The van der Waals surface area contributed by atoms with Crippen molar-refractivity contribution in [1.29, 1.82) is 0 Å². The normalized spacial score (nSPS) is 14.8. The SMILES string of the molecule is CC.COC.NC(=O)c1[nH]c2ccccc2c1S(=O)(=O)N1CCOCC1. The molecule has 2 heterocycles. The molecule has 1 saturated heterocycles. The number of nitrogens with zero attached hydrogens (tertiary/aromatic N) is 1. The number of H-pyrrole nitrogens is 1. The first-order valence-electron chi connectivity index (χ1n) is 8.32. The van der Waals surface area contributed by atoms with Crippen molar-refractivity contribution in [1.82, 2.24) is 9.29 Å². The van der Waals surface area contributed by atoms with Gasteiger partial charge in [-0.1, -0.05) is 32.0 Å². The van der Waals surface area contributed by atoms with Gasteiger partial charge >= 0.3 is 0 Å². The van der Waals surface area contributed by atoms with E-state index in [0.29, 0.717) is 24.1 Å². The van der Waals surface area contributed by atoms with E-state index in [2.05, 4.69) is 9.72 Å². The van der Waals surface area contributed by atoms with Crippen molar-refractivity contribution in [3.8, 4) is 0 Å². The molecule has 0 bridgehead atoms. The van der Waals surface area contributed by atoms with E-state index in [0.717, 1.165) is 0 Å². The number of carbonyl (C=O) groups excluding carboxylic acids is 1. The smallest absolute Gasteiger partial charge is 0.266 e. The summed E-state index contributed by atoms with van der Waals surface area (Å²) in [7, 11) is -0.550. The molecule has 8 nitrogen and oxygen atoms in total. The molecule has 1 aliphatic rings. The van der Waals surface area contributed by atoms with E-state index in [4.69, 9.17) is 10.5 Å². The molecule has 3 N–H and O–H groups in total. The van der Waals surface area contributed by atoms with Crippen molar-refractivity contribution in [2.75, 3.05) is 40.5 Å². The molecule has 1 aliphatic heterocycles. The Hall–Kier alpha value is -1.94. The summed E-state index contributed by atoms with van der Waals surface area (Å²) >= 11 is 0. The van der Waals surface area contributed by atoms with Crippen LogP contribution in [0.2, 0.25) is 0 Å². The van der Waals surface area contributed by atoms with Gasteiger partial charge in [-0.05, 0) is 6.07 Å². The number of fused-ring (bicyclic) bond motifs is 1. The Morgan fingerprint density at radius 3 is 2.27 bits per heavy atom. The van der Waals surface area contributed by atoms with Crippen molar-refractivity contribution < 1.29 is 22.7 Å². The quantitative estimate of drug-likeness (QED) is 0.832. The summed E-state index contributed by atoms with van der Waals surface area (Å²) < 4.78 is 36.4. The van der Waals surface area contributed by atoms with E-state index in [-0.39, 0.29) is 23.7 Å². The van der Waals surface area contributed by atoms with Crippen LogP contribution in [0.15, 0.2) is 29.2 Å². The van der Waals surface area contributed by atoms with Gasteiger partial charge in [-0.3, -0.25) is 4.79 Å². The van der Waals surface area contributed by atoms with Gasteiger partial charge in [-0.25, -0.2) is 8.42 Å². The number of methoxy groups -OCH3 is 1. The van der Waals surface area contributed by atoms with Crippen LogP contribution in [0.1, 0.15) is 24.3 Å². The number of primary amides is 1. The van der Waals surface area contributed by atoms with E-state index in [1.54, 1.807) is 38.5 Å². The highest BCUT2D eigenvalue weighted by Crippen LogP contribution is 2.29. The fourth-order valence-corrected chi connectivity index (χ4v) is 4.23. The molecule has 1 fully saturated rings. The summed E-state index contributed by atoms with van der Waals surface area (Å²) in [5, 5.41) is 0.470. The summed E-state index contributed by atoms with van der Waals surface area (Å²) in [6.07, 6.45) is 0. The summed E-state index contributed by atoms with van der Waals surface area (Å²) in [6.45, 7) is 5.21. The number of sulfonamides is 1. The van der Waals surface area contributed by atoms with E-state index in [1.165, 1.54) is 4.31 Å². The van der Waals surface area contributed by atoms with Crippen molar-refractivity contribution in [2.24, 2.45) is 5.73 Å². The Balaban J connectivity index is 0.000000615. The standard InChI is InChI=1S/C13H15N3O4S.C2H6O.C2H6/c14-13(17)11-12(9-3-1-2-4-10(9)15-11)21(18,19)16-5-7-20-8-6-16;1-3-2;1-2/h1-4,15H,5-8H2,(H2,14,17);1-2H3;1-2H3. The number of para-hydroxylation sites is 1. The van der Waals surface area contributed by atoms with Gasteiger partial charge in [0.1, 0.15) is 10.6 Å². The minimum absolute atomic E-state index is 0.0486. The van der Waals surface area contributed by atoms with E-state index in [9.17, 15) is 13.2 Å². The lowest BCUT2D eigenvalue weighted by atomic mass is 10.2. The molecule has 0 aliphatic carbocycles. The van der Waals surface area contributed by atoms with E-state index < -0.39 is 15.9 Å². The zero-order chi connectivity index (χ0) is 19.7. The fraction of sp³-hybridized carbons (Fsp3) is 0.471. The summed E-state index contributed by atoms with van der Waals surface area (Å²) in [6, 6.07) is 6.85. The lowest BCUT2D eigenvalue weighted by Crippen LogP contribution is -2.41. The zero-order valence-corrected chi connectivity index (χ0v) is 16.4. The van der Waals surface area contributed by atoms with Gasteiger partial charge in [0, 0.05) is 38.2 Å². The number of rotatable bonds is 3. The van der Waals surface area contributed by atoms with Gasteiger partial charge in [-0.15, -0.1) is 0 Å². The number of benzene rings is 1. The largest absolute Gasteiger partial charge is 0.388 e. The number of amides is 1. The van der Waals surface area contributed by atoms with E-state index in [1.807, 2.05) is 13.8 Å². The number of nitrogens with two attached hydrogens (primary N) is 1. The average Bonchev–Trinajstić information content (AvgIpc) is 3.05. The van der Waals surface area contributed by atoms with Crippen LogP contribution in [-0.4, -0.2) is 64.1 Å². The second-order valence-corrected chi connectivity index (χ2v) is 7.04. The van der Waals surface area contributed by atoms with Gasteiger partial charge in [-0.2, -0.15) is 4.31 Å². The first-order valence-corrected chi connectivity index (χ1v) is 9.76. The summed E-state index contributed by atoms with van der Waals surface area (Å²) in [5.74, 6) is -0.793. The number of aromatic amines is 1. The molecule has 26 heavy (non-hydrogen) atoms. The maximum absolute atomic E-state index is 12.8. The maximum Gasteiger partial charge on any atom is 0.266 e. The van der Waals surface area contributed by atoms with Crippen LogP contribution in [0, 0.1) is 0 Å². The molecule has 146 valence electrons. The highest BCUT2D eigenvalue weighted by Gasteiger charge is 2.33. The molecule has 3 rings (SSSR count). The highest BCUT2D eigenvalue weighted by molar-refractivity contribution is 7.89. The molecule has 1 amide bonds. The molecule has 0 unspecified atom stereocenters. The van der Waals surface area contributed by atoms with Gasteiger partial charge < -0.3 is 20.2 Å². The zero-order valence-electron chi connectivity index (χ0n) is 15.6. The van der Waals surface area contributed by atoms with Crippen molar-refractivity contribution in [3.05, 3.63) is 30.0 Å². The number of morpholine rings is 1. The monoisotopic (exact) mass is 385 g/mol. The molecular formula is C17H27N3O5S. The van der Waals surface area contributed by atoms with Crippen LogP contribution in [0.5, 0.6) is 0 Å². The Bertz CT molecular complexity index is 811. The lowest BCUT2D eigenvalue weighted by molar-refractivity contribution is 0.0730. The molecule has 0 spiro atoms. The first-order chi connectivity index (χ1) is 12.4. The molecule has 9 heteroatoms. The van der Waals surface area contributed by atoms with Crippen LogP contribution >= 0.6 is 0 Å². The van der Waals surface area contributed by atoms with Gasteiger partial charge in [0.05, 0.1) is 13.2 Å². The van der Waals surface area contributed by atoms with Crippen molar-refractivity contribution in [3.63, 3.8) is 0 Å². The number of nitrogens with one attached hydrogen (secondary N) is 1. The van der Waals surface area contributed by atoms with Gasteiger partial charge in [0.25, 0.3) is 5.91 Å². The minimum Gasteiger partial charge on any atom is -0.388 e. The predicted molar refractivity (Wildman–Crippen MR) is 101 cm³/mol. The third kappa shape index (κ3) is 4.82. The summed E-state index contributed by atoms with van der Waals surface area (Å²) in [5.41, 5.74) is 5.81. The lowest BCUT2D eigenvalue weighted by Gasteiger charge is -2.26. The number of hydrogen-bond acceptors (Lipinski definition) is 5. The third-order valence-corrected chi connectivity index (χ3v) is 5.46. The van der Waals surface area contributed by atoms with Gasteiger partial charge in [0.2, 0.25) is 10.0 Å². The van der Waals surface area contributed by atoms with Crippen LogP contribution in [-0.2, 0) is 19.5 Å². The number of carbonyl (C=O) groups is 1. The van der Waals surface area contributed by atoms with Crippen LogP contribution < -0.4 is 5.73 Å². The van der Waals surface area contributed by atoms with Crippen molar-refractivity contribution in [2.45, 2.75) is 18.7 Å². The molecule has 1 aromatic heterocycles. The highest BCUT2D eigenvalue weighted by atomic mass is 32.2. The molecule has 2 aromatic rings. The third-order valence-electron chi connectivity index (χ3n) is 3.47. The minimum atomic E-state index is -3.80. The predicted octanol–water partition coefficient (Wildman–Crippen LogP) is 1.58. The second kappa shape index (κ2) is 10.3. The number of ether oxygens (including phenoxy) is 2. The van der Waals surface area contributed by atoms with E-state index >= 15 is 0 Å². The molecule has 0 saturated carbocycles. The summed E-state index contributed by atoms with van der Waals surface area (Å²) in [4.78, 5) is 14.4. The van der Waals surface area contributed by atoms with Crippen molar-refractivity contribution >= 4 is 26.8 Å². The molecular weight excluding hydrogens is 358 g/mol. The average molecular weight is 385 g/mol. The maximum atomic E-state index is 12.8. The van der Waals surface area contributed by atoms with Crippen LogP contribution in [0.4, 0.5) is 0 Å². The molecule has 1 aromatic carbocycles. The van der Waals surface area contributed by atoms with Crippen LogP contribution in [0.25, 0.3) is 10.9 Å². The van der Waals surface area contributed by atoms with Gasteiger partial charge in [0.15, 0.2) is 0 Å². The number of aromatic nitrogens is 1. The topological polar surface area (TPSA) is 115 Å². The molecule has 0 atom stereocenters. The fourth-order valence-electron chi connectivity index (χ4n) is 2.47.